The molecule has 0 saturated carbocycles. The fourth-order valence-electron chi connectivity index (χ4n) is 2.39. The lowest BCUT2D eigenvalue weighted by atomic mass is 10.3. The van der Waals surface area contributed by atoms with Gasteiger partial charge in [0, 0.05) is 17.8 Å². The molecule has 2 heterocycles. The SMILES string of the molecule is CCNC(=NCc1nnc2ccccn12)NCCOc1cccc(Cl)c1.I. The number of guanidine groups is 1. The van der Waals surface area contributed by atoms with Gasteiger partial charge in [0.05, 0.1) is 6.54 Å². The van der Waals surface area contributed by atoms with Crippen LogP contribution in [0.1, 0.15) is 12.7 Å². The standard InChI is InChI=1S/C18H21ClN6O.HI/c1-2-20-18(21-9-11-26-15-7-5-6-14(19)12-15)22-13-17-24-23-16-8-3-4-10-25(16)17;/h3-8,10,12H,2,9,11,13H2,1H3,(H2,20,21,22);1H. The number of hydrogen-bond donors (Lipinski definition) is 2. The summed E-state index contributed by atoms with van der Waals surface area (Å²) in [6.07, 6.45) is 1.93. The van der Waals surface area contributed by atoms with Crippen molar-refractivity contribution in [2.45, 2.75) is 13.5 Å². The van der Waals surface area contributed by atoms with Gasteiger partial charge in [-0.2, -0.15) is 0 Å². The lowest BCUT2D eigenvalue weighted by Crippen LogP contribution is -2.39. The molecular weight excluding hydrogens is 479 g/mol. The molecule has 0 spiro atoms. The maximum Gasteiger partial charge on any atom is 0.191 e. The summed E-state index contributed by atoms with van der Waals surface area (Å²) in [7, 11) is 0. The number of benzene rings is 1. The first-order chi connectivity index (χ1) is 12.8. The van der Waals surface area contributed by atoms with Gasteiger partial charge in [0.15, 0.2) is 17.4 Å². The van der Waals surface area contributed by atoms with Crippen LogP contribution in [0.15, 0.2) is 53.7 Å². The molecule has 2 aromatic heterocycles. The molecule has 0 aliphatic rings. The number of aliphatic imine (C=N–C) groups is 1. The topological polar surface area (TPSA) is 75.8 Å². The van der Waals surface area contributed by atoms with Crippen LogP contribution in [0.3, 0.4) is 0 Å². The maximum absolute atomic E-state index is 5.94. The highest BCUT2D eigenvalue weighted by Crippen LogP contribution is 2.16. The summed E-state index contributed by atoms with van der Waals surface area (Å²) in [5.74, 6) is 2.24. The monoisotopic (exact) mass is 500 g/mol. The van der Waals surface area contributed by atoms with E-state index in [0.29, 0.717) is 30.7 Å². The molecule has 1 aromatic carbocycles. The van der Waals surface area contributed by atoms with Crippen LogP contribution in [0, 0.1) is 0 Å². The zero-order chi connectivity index (χ0) is 18.2. The molecule has 0 unspecified atom stereocenters. The van der Waals surface area contributed by atoms with Gasteiger partial charge >= 0.3 is 0 Å². The Morgan fingerprint density at radius 2 is 2.07 bits per heavy atom. The van der Waals surface area contributed by atoms with Crippen molar-refractivity contribution in [1.29, 1.82) is 0 Å². The highest BCUT2D eigenvalue weighted by molar-refractivity contribution is 14.0. The van der Waals surface area contributed by atoms with Gasteiger partial charge in [-0.3, -0.25) is 4.40 Å². The number of rotatable bonds is 7. The van der Waals surface area contributed by atoms with E-state index >= 15 is 0 Å². The van der Waals surface area contributed by atoms with Crippen molar-refractivity contribution in [3.8, 4) is 5.75 Å². The summed E-state index contributed by atoms with van der Waals surface area (Å²) in [6, 6.07) is 13.1. The first-order valence-electron chi connectivity index (χ1n) is 8.45. The Hall–Kier alpha value is -2.07. The maximum atomic E-state index is 5.94. The highest BCUT2D eigenvalue weighted by atomic mass is 127. The van der Waals surface area contributed by atoms with Gasteiger partial charge < -0.3 is 15.4 Å². The molecule has 7 nitrogen and oxygen atoms in total. The van der Waals surface area contributed by atoms with Crippen LogP contribution in [-0.4, -0.2) is 40.3 Å². The van der Waals surface area contributed by atoms with Crippen molar-refractivity contribution in [1.82, 2.24) is 25.2 Å². The first kappa shape index (κ1) is 21.2. The summed E-state index contributed by atoms with van der Waals surface area (Å²) in [4.78, 5) is 4.56. The molecule has 0 amide bonds. The fraction of sp³-hybridized carbons (Fsp3) is 0.278. The second-order valence-electron chi connectivity index (χ2n) is 5.47. The molecule has 0 fully saturated rings. The normalized spacial score (nSPS) is 11.1. The Balaban J connectivity index is 0.00000261. The molecule has 0 radical (unpaired) electrons. The third kappa shape index (κ3) is 6.24. The van der Waals surface area contributed by atoms with Gasteiger partial charge in [0.2, 0.25) is 0 Å². The number of ether oxygens (including phenoxy) is 1. The molecule has 3 rings (SSSR count). The first-order valence-corrected chi connectivity index (χ1v) is 8.83. The van der Waals surface area contributed by atoms with Crippen molar-refractivity contribution < 1.29 is 4.74 Å². The van der Waals surface area contributed by atoms with E-state index in [-0.39, 0.29) is 24.0 Å². The fourth-order valence-corrected chi connectivity index (χ4v) is 2.57. The number of nitrogens with zero attached hydrogens (tertiary/aromatic N) is 4. The van der Waals surface area contributed by atoms with Gasteiger partial charge in [-0.1, -0.05) is 23.7 Å². The Bertz CT molecular complexity index is 885. The number of pyridine rings is 1. The lowest BCUT2D eigenvalue weighted by Gasteiger charge is -2.12. The number of nitrogens with one attached hydrogen (secondary N) is 2. The van der Waals surface area contributed by atoms with Crippen molar-refractivity contribution in [2.24, 2.45) is 4.99 Å². The van der Waals surface area contributed by atoms with Crippen LogP contribution < -0.4 is 15.4 Å². The zero-order valence-electron chi connectivity index (χ0n) is 14.9. The average Bonchev–Trinajstić information content (AvgIpc) is 3.06. The summed E-state index contributed by atoms with van der Waals surface area (Å²) >= 11 is 5.94. The van der Waals surface area contributed by atoms with E-state index in [1.165, 1.54) is 0 Å². The molecule has 0 atom stereocenters. The minimum atomic E-state index is 0. The molecule has 2 N–H and O–H groups in total. The van der Waals surface area contributed by atoms with Crippen molar-refractivity contribution in [2.75, 3.05) is 19.7 Å². The number of hydrogen-bond acceptors (Lipinski definition) is 4. The minimum Gasteiger partial charge on any atom is -0.492 e. The van der Waals surface area contributed by atoms with Crippen LogP contribution in [0.4, 0.5) is 0 Å². The van der Waals surface area contributed by atoms with Gasteiger partial charge in [0.25, 0.3) is 0 Å². The molecule has 0 aliphatic carbocycles. The van der Waals surface area contributed by atoms with Gasteiger partial charge in [0.1, 0.15) is 18.9 Å². The number of aromatic nitrogens is 3. The van der Waals surface area contributed by atoms with E-state index in [0.717, 1.165) is 23.8 Å². The molecule has 0 aliphatic heterocycles. The molecule has 9 heteroatoms. The molecule has 27 heavy (non-hydrogen) atoms. The molecule has 144 valence electrons. The summed E-state index contributed by atoms with van der Waals surface area (Å²) in [5.41, 5.74) is 0.811. The third-order valence-electron chi connectivity index (χ3n) is 3.57. The summed E-state index contributed by atoms with van der Waals surface area (Å²) in [6.45, 7) is 4.32. The van der Waals surface area contributed by atoms with Crippen molar-refractivity contribution >= 4 is 47.2 Å². The Morgan fingerprint density at radius 1 is 1.19 bits per heavy atom. The van der Waals surface area contributed by atoms with Crippen molar-refractivity contribution in [3.05, 3.63) is 59.5 Å². The molecule has 0 saturated heterocycles. The van der Waals surface area contributed by atoms with Crippen LogP contribution in [0.2, 0.25) is 5.02 Å². The second-order valence-corrected chi connectivity index (χ2v) is 5.91. The predicted octanol–water partition coefficient (Wildman–Crippen LogP) is 3.13. The molecule has 3 aromatic rings. The number of halogens is 2. The summed E-state index contributed by atoms with van der Waals surface area (Å²) < 4.78 is 7.59. The van der Waals surface area contributed by atoms with E-state index < -0.39 is 0 Å². The predicted molar refractivity (Wildman–Crippen MR) is 118 cm³/mol. The van der Waals surface area contributed by atoms with Gasteiger partial charge in [-0.15, -0.1) is 34.2 Å². The van der Waals surface area contributed by atoms with Crippen LogP contribution in [-0.2, 0) is 6.54 Å². The van der Waals surface area contributed by atoms with Crippen LogP contribution in [0.25, 0.3) is 5.65 Å². The Labute approximate surface area is 180 Å². The smallest absolute Gasteiger partial charge is 0.191 e. The second kappa shape index (κ2) is 10.9. The minimum absolute atomic E-state index is 0. The Kier molecular flexibility index (Phi) is 8.59. The largest absolute Gasteiger partial charge is 0.492 e. The van der Waals surface area contributed by atoms with Crippen molar-refractivity contribution in [3.63, 3.8) is 0 Å². The van der Waals surface area contributed by atoms with Crippen LogP contribution >= 0.6 is 35.6 Å². The van der Waals surface area contributed by atoms with E-state index in [4.69, 9.17) is 16.3 Å². The summed E-state index contributed by atoms with van der Waals surface area (Å²) in [5, 5.41) is 15.4. The number of fused-ring (bicyclic) bond motifs is 1. The lowest BCUT2D eigenvalue weighted by molar-refractivity contribution is 0.322. The molecular formula is C18H22ClIN6O. The quantitative estimate of drug-likeness (QED) is 0.226. The van der Waals surface area contributed by atoms with E-state index in [9.17, 15) is 0 Å². The van der Waals surface area contributed by atoms with Gasteiger partial charge in [-0.25, -0.2) is 4.99 Å². The Morgan fingerprint density at radius 3 is 2.89 bits per heavy atom. The third-order valence-corrected chi connectivity index (χ3v) is 3.80. The highest BCUT2D eigenvalue weighted by Gasteiger charge is 2.04. The van der Waals surface area contributed by atoms with E-state index in [1.807, 2.05) is 53.9 Å². The molecule has 0 bridgehead atoms. The van der Waals surface area contributed by atoms with Gasteiger partial charge in [-0.05, 0) is 37.3 Å². The van der Waals surface area contributed by atoms with E-state index in [2.05, 4.69) is 25.8 Å². The van der Waals surface area contributed by atoms with E-state index in [1.54, 1.807) is 6.07 Å². The van der Waals surface area contributed by atoms with Crippen LogP contribution in [0.5, 0.6) is 5.75 Å². The average molecular weight is 501 g/mol. The zero-order valence-corrected chi connectivity index (χ0v) is 18.0.